The minimum Gasteiger partial charge on any atom is -0.451 e. The summed E-state index contributed by atoms with van der Waals surface area (Å²) in [6.07, 6.45) is 4.68. The van der Waals surface area contributed by atoms with Gasteiger partial charge in [-0.3, -0.25) is 4.79 Å². The lowest BCUT2D eigenvalue weighted by molar-refractivity contribution is -0.119. The molecule has 0 spiro atoms. The van der Waals surface area contributed by atoms with Crippen LogP contribution in [0.5, 0.6) is 0 Å². The molecule has 2 heterocycles. The van der Waals surface area contributed by atoms with Gasteiger partial charge in [0.2, 0.25) is 0 Å². The number of anilines is 1. The van der Waals surface area contributed by atoms with E-state index < -0.39 is 11.9 Å². The van der Waals surface area contributed by atoms with Crippen molar-refractivity contribution in [3.8, 4) is 0 Å². The van der Waals surface area contributed by atoms with Gasteiger partial charge in [-0.1, -0.05) is 18.5 Å². The van der Waals surface area contributed by atoms with Gasteiger partial charge in [-0.05, 0) is 48.9 Å². The number of rotatable bonds is 4. The lowest BCUT2D eigenvalue weighted by atomic mass is 9.90. The third-order valence-electron chi connectivity index (χ3n) is 3.90. The Labute approximate surface area is 149 Å². The SMILES string of the molecule is C[C@H]1CCc2sc(C(=O)OCC(=O)Nc3cccnc3Cl)cc2C1. The summed E-state index contributed by atoms with van der Waals surface area (Å²) in [4.78, 5) is 29.7. The van der Waals surface area contributed by atoms with Crippen molar-refractivity contribution in [3.63, 3.8) is 0 Å². The van der Waals surface area contributed by atoms with Gasteiger partial charge in [0.1, 0.15) is 4.88 Å². The zero-order valence-electron chi connectivity index (χ0n) is 13.2. The Balaban J connectivity index is 1.56. The summed E-state index contributed by atoms with van der Waals surface area (Å²) in [5, 5.41) is 2.76. The summed E-state index contributed by atoms with van der Waals surface area (Å²) in [6, 6.07) is 5.18. The molecule has 0 aromatic carbocycles. The molecule has 24 heavy (non-hydrogen) atoms. The average Bonchev–Trinajstić information content (AvgIpc) is 2.98. The van der Waals surface area contributed by atoms with Gasteiger partial charge in [0.05, 0.1) is 5.69 Å². The van der Waals surface area contributed by atoms with E-state index in [9.17, 15) is 9.59 Å². The lowest BCUT2D eigenvalue weighted by Gasteiger charge is -2.16. The second-order valence-electron chi connectivity index (χ2n) is 5.87. The van der Waals surface area contributed by atoms with Crippen LogP contribution in [0.3, 0.4) is 0 Å². The van der Waals surface area contributed by atoms with E-state index in [1.54, 1.807) is 12.1 Å². The Morgan fingerprint density at radius 3 is 3.12 bits per heavy atom. The molecule has 0 radical (unpaired) electrons. The van der Waals surface area contributed by atoms with Crippen LogP contribution in [-0.2, 0) is 22.4 Å². The summed E-state index contributed by atoms with van der Waals surface area (Å²) in [5.74, 6) is -0.270. The van der Waals surface area contributed by atoms with Gasteiger partial charge in [-0.25, -0.2) is 9.78 Å². The smallest absolute Gasteiger partial charge is 0.348 e. The van der Waals surface area contributed by atoms with E-state index in [1.807, 2.05) is 6.07 Å². The Morgan fingerprint density at radius 1 is 1.50 bits per heavy atom. The van der Waals surface area contributed by atoms with Crippen LogP contribution in [0.25, 0.3) is 0 Å². The number of aromatic nitrogens is 1. The topological polar surface area (TPSA) is 68.3 Å². The average molecular weight is 365 g/mol. The van der Waals surface area contributed by atoms with Crippen molar-refractivity contribution in [3.05, 3.63) is 44.9 Å². The summed E-state index contributed by atoms with van der Waals surface area (Å²) in [6.45, 7) is 1.86. The molecule has 2 aromatic rings. The van der Waals surface area contributed by atoms with Crippen LogP contribution >= 0.6 is 22.9 Å². The van der Waals surface area contributed by atoms with Crippen molar-refractivity contribution in [2.75, 3.05) is 11.9 Å². The Morgan fingerprint density at radius 2 is 2.33 bits per heavy atom. The molecule has 7 heteroatoms. The highest BCUT2D eigenvalue weighted by Crippen LogP contribution is 2.32. The molecule has 1 atom stereocenters. The van der Waals surface area contributed by atoms with Crippen molar-refractivity contribution < 1.29 is 14.3 Å². The van der Waals surface area contributed by atoms with Crippen molar-refractivity contribution in [2.45, 2.75) is 26.2 Å². The number of amides is 1. The molecule has 5 nitrogen and oxygen atoms in total. The molecule has 0 bridgehead atoms. The van der Waals surface area contributed by atoms with Gasteiger partial charge in [0, 0.05) is 11.1 Å². The first-order valence-electron chi connectivity index (χ1n) is 7.72. The number of fused-ring (bicyclic) bond motifs is 1. The molecule has 1 aliphatic rings. The Hall–Kier alpha value is -1.92. The molecule has 0 aliphatic heterocycles. The van der Waals surface area contributed by atoms with E-state index in [0.717, 1.165) is 19.3 Å². The van der Waals surface area contributed by atoms with Crippen LogP contribution in [-0.4, -0.2) is 23.5 Å². The number of aryl methyl sites for hydroxylation is 1. The molecule has 0 fully saturated rings. The summed E-state index contributed by atoms with van der Waals surface area (Å²) >= 11 is 7.33. The fourth-order valence-corrected chi connectivity index (χ4v) is 3.94. The van der Waals surface area contributed by atoms with Crippen molar-refractivity contribution in [1.82, 2.24) is 4.98 Å². The molecule has 126 valence electrons. The highest BCUT2D eigenvalue weighted by atomic mass is 35.5. The van der Waals surface area contributed by atoms with Crippen LogP contribution in [0.2, 0.25) is 5.15 Å². The highest BCUT2D eigenvalue weighted by molar-refractivity contribution is 7.14. The number of nitrogens with one attached hydrogen (secondary N) is 1. The van der Waals surface area contributed by atoms with E-state index in [-0.39, 0.29) is 11.8 Å². The minimum atomic E-state index is -0.463. The first-order valence-corrected chi connectivity index (χ1v) is 8.91. The molecule has 1 amide bonds. The van der Waals surface area contributed by atoms with Crippen LogP contribution in [0.15, 0.2) is 24.4 Å². The van der Waals surface area contributed by atoms with Crippen LogP contribution < -0.4 is 5.32 Å². The Bertz CT molecular complexity index is 775. The zero-order chi connectivity index (χ0) is 17.1. The number of halogens is 1. The molecular weight excluding hydrogens is 348 g/mol. The monoisotopic (exact) mass is 364 g/mol. The maximum absolute atomic E-state index is 12.1. The maximum Gasteiger partial charge on any atom is 0.348 e. The van der Waals surface area contributed by atoms with Crippen molar-refractivity contribution in [2.24, 2.45) is 5.92 Å². The number of ether oxygens (including phenoxy) is 1. The number of pyridine rings is 1. The molecule has 1 N–H and O–H groups in total. The number of carbonyl (C=O) groups is 2. The summed E-state index contributed by atoms with van der Waals surface area (Å²) in [7, 11) is 0. The number of hydrogen-bond acceptors (Lipinski definition) is 5. The standard InChI is InChI=1S/C17H17ClN2O3S/c1-10-4-5-13-11(7-10)8-14(24-13)17(22)23-9-15(21)20-12-3-2-6-19-16(12)18/h2-3,6,8,10H,4-5,7,9H2,1H3,(H,20,21)/t10-/m0/s1. The first-order chi connectivity index (χ1) is 11.5. The fourth-order valence-electron chi connectivity index (χ4n) is 2.67. The van der Waals surface area contributed by atoms with Gasteiger partial charge < -0.3 is 10.1 Å². The predicted octanol–water partition coefficient (Wildman–Crippen LogP) is 3.72. The van der Waals surface area contributed by atoms with Gasteiger partial charge >= 0.3 is 5.97 Å². The molecule has 0 saturated heterocycles. The molecule has 0 saturated carbocycles. The normalized spacial score (nSPS) is 16.3. The fraction of sp³-hybridized carbons (Fsp3) is 0.353. The molecule has 1 aliphatic carbocycles. The summed E-state index contributed by atoms with van der Waals surface area (Å²) < 4.78 is 5.10. The van der Waals surface area contributed by atoms with E-state index in [1.165, 1.54) is 28.0 Å². The number of esters is 1. The van der Waals surface area contributed by atoms with Crippen molar-refractivity contribution >= 4 is 40.5 Å². The molecule has 2 aromatic heterocycles. The number of thiophene rings is 1. The van der Waals surface area contributed by atoms with Crippen LogP contribution in [0, 0.1) is 5.92 Å². The third kappa shape index (κ3) is 3.94. The van der Waals surface area contributed by atoms with Crippen molar-refractivity contribution in [1.29, 1.82) is 0 Å². The van der Waals surface area contributed by atoms with E-state index >= 15 is 0 Å². The van der Waals surface area contributed by atoms with E-state index in [0.29, 0.717) is 16.5 Å². The van der Waals surface area contributed by atoms with E-state index in [2.05, 4.69) is 17.2 Å². The minimum absolute atomic E-state index is 0.192. The van der Waals surface area contributed by atoms with Gasteiger partial charge in [-0.2, -0.15) is 0 Å². The quantitative estimate of drug-likeness (QED) is 0.663. The number of nitrogens with zero attached hydrogens (tertiary/aromatic N) is 1. The van der Waals surface area contributed by atoms with Crippen LogP contribution in [0.4, 0.5) is 5.69 Å². The molecule has 3 rings (SSSR count). The van der Waals surface area contributed by atoms with Crippen LogP contribution in [0.1, 0.15) is 33.5 Å². The van der Waals surface area contributed by atoms with E-state index in [4.69, 9.17) is 16.3 Å². The number of carbonyl (C=O) groups excluding carboxylic acids is 2. The molecular formula is C17H17ClN2O3S. The number of hydrogen-bond donors (Lipinski definition) is 1. The second kappa shape index (κ2) is 7.32. The summed E-state index contributed by atoms with van der Waals surface area (Å²) in [5.41, 5.74) is 1.62. The zero-order valence-corrected chi connectivity index (χ0v) is 14.7. The first kappa shape index (κ1) is 16.9. The van der Waals surface area contributed by atoms with Gasteiger partial charge in [0.25, 0.3) is 5.91 Å². The largest absolute Gasteiger partial charge is 0.451 e. The lowest BCUT2D eigenvalue weighted by Crippen LogP contribution is -2.20. The Kier molecular flexibility index (Phi) is 5.16. The van der Waals surface area contributed by atoms with Gasteiger partial charge in [0.15, 0.2) is 11.8 Å². The molecule has 0 unspecified atom stereocenters. The highest BCUT2D eigenvalue weighted by Gasteiger charge is 2.21. The predicted molar refractivity (Wildman–Crippen MR) is 93.7 cm³/mol. The third-order valence-corrected chi connectivity index (χ3v) is 5.42. The second-order valence-corrected chi connectivity index (χ2v) is 7.37. The maximum atomic E-state index is 12.1. The van der Waals surface area contributed by atoms with Gasteiger partial charge in [-0.15, -0.1) is 11.3 Å².